The first-order valence-corrected chi connectivity index (χ1v) is 9.14. The van der Waals surface area contributed by atoms with Crippen molar-refractivity contribution in [1.29, 1.82) is 0 Å². The summed E-state index contributed by atoms with van der Waals surface area (Å²) in [5.41, 5.74) is 5.50. The number of alkyl halides is 3. The number of aromatic nitrogens is 2. The number of hydrogen-bond donors (Lipinski definition) is 2. The molecular weight excluding hydrogens is 385 g/mol. The van der Waals surface area contributed by atoms with E-state index >= 15 is 0 Å². The van der Waals surface area contributed by atoms with Crippen molar-refractivity contribution in [3.8, 4) is 5.75 Å². The third kappa shape index (κ3) is 5.46. The Morgan fingerprint density at radius 2 is 2.00 bits per heavy atom. The van der Waals surface area contributed by atoms with Crippen LogP contribution in [0.4, 0.5) is 19.0 Å². The monoisotopic (exact) mass is 406 g/mol. The van der Waals surface area contributed by atoms with Gasteiger partial charge in [-0.05, 0) is 55.7 Å². The molecule has 1 aromatic carbocycles. The van der Waals surface area contributed by atoms with E-state index in [1.54, 1.807) is 19.2 Å². The van der Waals surface area contributed by atoms with E-state index in [0.717, 1.165) is 17.7 Å². The number of allylic oxidation sites excluding steroid dienone is 1. The van der Waals surface area contributed by atoms with Gasteiger partial charge in [0.25, 0.3) is 0 Å². The van der Waals surface area contributed by atoms with Gasteiger partial charge in [0.1, 0.15) is 23.7 Å². The Bertz CT molecular complexity index is 897. The fourth-order valence-electron chi connectivity index (χ4n) is 2.92. The molecule has 9 heteroatoms. The molecule has 0 spiro atoms. The minimum Gasteiger partial charge on any atom is -0.490 e. The summed E-state index contributed by atoms with van der Waals surface area (Å²) in [5.74, 6) is 0.984. The molecule has 0 radical (unpaired) electrons. The summed E-state index contributed by atoms with van der Waals surface area (Å²) in [6.07, 6.45) is 1.02. The Kier molecular flexibility index (Phi) is 6.05. The second-order valence-corrected chi connectivity index (χ2v) is 6.80. The largest absolute Gasteiger partial charge is 0.490 e. The summed E-state index contributed by atoms with van der Waals surface area (Å²) < 4.78 is 43.7. The molecule has 29 heavy (non-hydrogen) atoms. The molecule has 0 saturated carbocycles. The molecule has 0 saturated heterocycles. The highest BCUT2D eigenvalue weighted by molar-refractivity contribution is 5.82. The first kappa shape index (κ1) is 20.6. The van der Waals surface area contributed by atoms with Crippen molar-refractivity contribution < 1.29 is 22.7 Å². The summed E-state index contributed by atoms with van der Waals surface area (Å²) in [4.78, 5) is 19.9. The Morgan fingerprint density at radius 3 is 2.59 bits per heavy atom. The SMILES string of the molecule is CC(Nc1ccnc(C2=CCC(Oc3ccc(C(F)(F)F)cc3)CC2)n1)C(N)=O. The molecule has 2 aromatic rings. The number of nitrogens with zero attached hydrogens (tertiary/aromatic N) is 2. The lowest BCUT2D eigenvalue weighted by Crippen LogP contribution is -2.32. The van der Waals surface area contributed by atoms with Crippen LogP contribution in [0.3, 0.4) is 0 Å². The number of anilines is 1. The van der Waals surface area contributed by atoms with Gasteiger partial charge in [0.15, 0.2) is 5.82 Å². The van der Waals surface area contributed by atoms with Crippen LogP contribution in [0.25, 0.3) is 5.57 Å². The number of carbonyl (C=O) groups excluding carboxylic acids is 1. The summed E-state index contributed by atoms with van der Waals surface area (Å²) in [6, 6.07) is 5.79. The fourth-order valence-corrected chi connectivity index (χ4v) is 2.92. The highest BCUT2D eigenvalue weighted by Gasteiger charge is 2.30. The Labute approximate surface area is 166 Å². The van der Waals surface area contributed by atoms with Crippen LogP contribution >= 0.6 is 0 Å². The summed E-state index contributed by atoms with van der Waals surface area (Å²) in [7, 11) is 0. The van der Waals surface area contributed by atoms with E-state index in [4.69, 9.17) is 10.5 Å². The number of halogens is 3. The lowest BCUT2D eigenvalue weighted by atomic mass is 9.96. The molecule has 3 N–H and O–H groups in total. The molecule has 1 amide bonds. The van der Waals surface area contributed by atoms with Gasteiger partial charge in [0, 0.05) is 12.6 Å². The number of primary amides is 1. The van der Waals surface area contributed by atoms with Crippen LogP contribution in [0.1, 0.15) is 37.6 Å². The van der Waals surface area contributed by atoms with Crippen LogP contribution in [-0.4, -0.2) is 28.0 Å². The average molecular weight is 406 g/mol. The predicted octanol–water partition coefficient (Wildman–Crippen LogP) is 3.80. The number of rotatable bonds is 6. The zero-order valence-electron chi connectivity index (χ0n) is 15.7. The van der Waals surface area contributed by atoms with E-state index in [9.17, 15) is 18.0 Å². The van der Waals surface area contributed by atoms with Crippen molar-refractivity contribution >= 4 is 17.3 Å². The van der Waals surface area contributed by atoms with Gasteiger partial charge in [-0.2, -0.15) is 13.2 Å². The molecular formula is C20H21F3N4O2. The number of benzene rings is 1. The van der Waals surface area contributed by atoms with Crippen molar-refractivity contribution in [1.82, 2.24) is 9.97 Å². The zero-order valence-corrected chi connectivity index (χ0v) is 15.7. The van der Waals surface area contributed by atoms with Gasteiger partial charge in [-0.15, -0.1) is 0 Å². The highest BCUT2D eigenvalue weighted by Crippen LogP contribution is 2.32. The molecule has 0 aliphatic heterocycles. The van der Waals surface area contributed by atoms with Crippen molar-refractivity contribution in [2.24, 2.45) is 5.73 Å². The molecule has 154 valence electrons. The Balaban J connectivity index is 1.61. The van der Waals surface area contributed by atoms with Gasteiger partial charge < -0.3 is 15.8 Å². The number of nitrogens with one attached hydrogen (secondary N) is 1. The molecule has 2 atom stereocenters. The van der Waals surface area contributed by atoms with E-state index in [1.165, 1.54) is 12.1 Å². The van der Waals surface area contributed by atoms with Crippen molar-refractivity contribution in [3.63, 3.8) is 0 Å². The standard InChI is InChI=1S/C20H21F3N4O2/c1-12(18(24)28)26-17-10-11-25-19(27-17)13-2-6-15(7-3-13)29-16-8-4-14(5-9-16)20(21,22)23/h2,4-5,8-12,15H,3,6-7H2,1H3,(H2,24,28)(H,25,26,27). The molecule has 1 aliphatic rings. The minimum absolute atomic E-state index is 0.133. The van der Waals surface area contributed by atoms with Gasteiger partial charge in [0.2, 0.25) is 5.91 Å². The first-order chi connectivity index (χ1) is 13.7. The molecule has 2 unspecified atom stereocenters. The number of carbonyl (C=O) groups is 1. The molecule has 3 rings (SSSR count). The summed E-state index contributed by atoms with van der Waals surface area (Å²) >= 11 is 0. The van der Waals surface area contributed by atoms with Gasteiger partial charge in [-0.3, -0.25) is 4.79 Å². The molecule has 1 aromatic heterocycles. The fraction of sp³-hybridized carbons (Fsp3) is 0.350. The lowest BCUT2D eigenvalue weighted by Gasteiger charge is -2.23. The molecule has 1 heterocycles. The molecule has 0 bridgehead atoms. The number of hydrogen-bond acceptors (Lipinski definition) is 5. The van der Waals surface area contributed by atoms with Gasteiger partial charge in [0.05, 0.1) is 5.56 Å². The molecule has 6 nitrogen and oxygen atoms in total. The number of ether oxygens (including phenoxy) is 1. The first-order valence-electron chi connectivity index (χ1n) is 9.14. The van der Waals surface area contributed by atoms with Crippen LogP contribution in [-0.2, 0) is 11.0 Å². The Morgan fingerprint density at radius 1 is 1.28 bits per heavy atom. The van der Waals surface area contributed by atoms with E-state index in [1.807, 2.05) is 6.08 Å². The maximum atomic E-state index is 12.6. The van der Waals surface area contributed by atoms with Crippen molar-refractivity contribution in [2.45, 2.75) is 44.5 Å². The number of nitrogens with two attached hydrogens (primary N) is 1. The van der Waals surface area contributed by atoms with Crippen LogP contribution in [0.15, 0.2) is 42.6 Å². The van der Waals surface area contributed by atoms with Crippen molar-refractivity contribution in [2.75, 3.05) is 5.32 Å². The minimum atomic E-state index is -4.36. The van der Waals surface area contributed by atoms with Crippen molar-refractivity contribution in [3.05, 3.63) is 54.0 Å². The van der Waals surface area contributed by atoms with Crippen LogP contribution < -0.4 is 15.8 Å². The van der Waals surface area contributed by atoms with Gasteiger partial charge >= 0.3 is 6.18 Å². The third-order valence-corrected chi connectivity index (χ3v) is 4.58. The predicted molar refractivity (Wildman–Crippen MR) is 102 cm³/mol. The average Bonchev–Trinajstić information content (AvgIpc) is 2.68. The van der Waals surface area contributed by atoms with Gasteiger partial charge in [-0.1, -0.05) is 6.08 Å². The second kappa shape index (κ2) is 8.50. The molecule has 0 fully saturated rings. The van der Waals surface area contributed by atoms with Crippen LogP contribution in [0, 0.1) is 0 Å². The van der Waals surface area contributed by atoms with E-state index in [0.29, 0.717) is 36.7 Å². The quantitative estimate of drug-likeness (QED) is 0.762. The second-order valence-electron chi connectivity index (χ2n) is 6.80. The highest BCUT2D eigenvalue weighted by atomic mass is 19.4. The third-order valence-electron chi connectivity index (χ3n) is 4.58. The van der Waals surface area contributed by atoms with E-state index < -0.39 is 23.7 Å². The topological polar surface area (TPSA) is 90.1 Å². The zero-order chi connectivity index (χ0) is 21.0. The normalized spacial score (nSPS) is 17.9. The summed E-state index contributed by atoms with van der Waals surface area (Å²) in [6.45, 7) is 1.65. The number of amides is 1. The maximum Gasteiger partial charge on any atom is 0.416 e. The smallest absolute Gasteiger partial charge is 0.416 e. The van der Waals surface area contributed by atoms with E-state index in [-0.39, 0.29) is 6.10 Å². The van der Waals surface area contributed by atoms with E-state index in [2.05, 4.69) is 15.3 Å². The molecule has 1 aliphatic carbocycles. The van der Waals surface area contributed by atoms with Crippen LogP contribution in [0.5, 0.6) is 5.75 Å². The lowest BCUT2D eigenvalue weighted by molar-refractivity contribution is -0.137. The van der Waals surface area contributed by atoms with Crippen LogP contribution in [0.2, 0.25) is 0 Å². The summed E-state index contributed by atoms with van der Waals surface area (Å²) in [5, 5.41) is 2.92. The maximum absolute atomic E-state index is 12.6. The Hall–Kier alpha value is -3.10. The van der Waals surface area contributed by atoms with Gasteiger partial charge in [-0.25, -0.2) is 9.97 Å².